The van der Waals surface area contributed by atoms with E-state index in [1.54, 1.807) is 13.3 Å². The Bertz CT molecular complexity index is 525. The number of hydrogen-bond acceptors (Lipinski definition) is 4. The van der Waals surface area contributed by atoms with Crippen LogP contribution in [0.3, 0.4) is 0 Å². The molecule has 0 aliphatic heterocycles. The zero-order chi connectivity index (χ0) is 16.7. The lowest BCUT2D eigenvalue weighted by Gasteiger charge is -2.31. The summed E-state index contributed by atoms with van der Waals surface area (Å²) in [5.74, 6) is 0.807. The van der Waals surface area contributed by atoms with Gasteiger partial charge in [0.15, 0.2) is 0 Å². The van der Waals surface area contributed by atoms with Crippen LogP contribution >= 0.6 is 0 Å². The Morgan fingerprint density at radius 1 is 1.23 bits per heavy atom. The van der Waals surface area contributed by atoms with E-state index in [-0.39, 0.29) is 5.96 Å². The van der Waals surface area contributed by atoms with Crippen LogP contribution in [0.25, 0.3) is 0 Å². The fourth-order valence-electron chi connectivity index (χ4n) is 2.32. The van der Waals surface area contributed by atoms with Crippen molar-refractivity contribution in [2.24, 2.45) is 21.7 Å². The monoisotopic (exact) mass is 305 g/mol. The molecule has 0 spiro atoms. The minimum Gasteiger partial charge on any atom is -0.496 e. The van der Waals surface area contributed by atoms with Crippen molar-refractivity contribution in [2.45, 2.75) is 46.3 Å². The van der Waals surface area contributed by atoms with Crippen molar-refractivity contribution in [2.75, 3.05) is 7.11 Å². The van der Waals surface area contributed by atoms with Gasteiger partial charge in [0.2, 0.25) is 5.96 Å². The van der Waals surface area contributed by atoms with Crippen molar-refractivity contribution >= 4 is 12.2 Å². The van der Waals surface area contributed by atoms with Crippen molar-refractivity contribution in [3.8, 4) is 5.75 Å². The molecule has 1 aromatic rings. The van der Waals surface area contributed by atoms with Gasteiger partial charge in [0, 0.05) is 24.2 Å². The number of nitrogens with zero attached hydrogens (tertiary/aromatic N) is 3. The average molecular weight is 305 g/mol. The van der Waals surface area contributed by atoms with E-state index in [1.165, 1.54) is 0 Å². The third kappa shape index (κ3) is 5.37. The lowest BCUT2D eigenvalue weighted by atomic mass is 10.1. The maximum atomic E-state index is 5.46. The van der Waals surface area contributed by atoms with Crippen molar-refractivity contribution in [3.05, 3.63) is 29.3 Å². The molecule has 1 aromatic carbocycles. The van der Waals surface area contributed by atoms with Gasteiger partial charge in [0.05, 0.1) is 13.3 Å². The molecule has 0 aliphatic rings. The van der Waals surface area contributed by atoms with Crippen LogP contribution in [0.2, 0.25) is 0 Å². The first-order valence-electron chi connectivity index (χ1n) is 7.39. The normalized spacial score (nSPS) is 11.6. The Labute approximate surface area is 132 Å². The zero-order valence-corrected chi connectivity index (χ0v) is 14.1. The summed E-state index contributed by atoms with van der Waals surface area (Å²) in [6.07, 6.45) is 1.62. The molecule has 0 unspecified atom stereocenters. The summed E-state index contributed by atoms with van der Waals surface area (Å²) in [6.45, 7) is 9.57. The number of nitrogens with two attached hydrogens (primary N) is 2. The number of benzene rings is 1. The summed E-state index contributed by atoms with van der Waals surface area (Å²) < 4.78 is 5.46. The van der Waals surface area contributed by atoms with Gasteiger partial charge >= 0.3 is 0 Å². The predicted octanol–water partition coefficient (Wildman–Crippen LogP) is 1.92. The highest BCUT2D eigenvalue weighted by Crippen LogP contribution is 2.23. The molecule has 0 saturated carbocycles. The molecule has 0 bridgehead atoms. The smallest absolute Gasteiger partial charge is 0.211 e. The van der Waals surface area contributed by atoms with E-state index >= 15 is 0 Å². The van der Waals surface area contributed by atoms with E-state index in [1.807, 2.05) is 18.2 Å². The molecule has 22 heavy (non-hydrogen) atoms. The van der Waals surface area contributed by atoms with Gasteiger partial charge < -0.3 is 16.2 Å². The molecule has 0 amide bonds. The summed E-state index contributed by atoms with van der Waals surface area (Å²) in [4.78, 5) is 2.40. The number of methoxy groups -OCH3 is 1. The minimum atomic E-state index is -0.0595. The average Bonchev–Trinajstić information content (AvgIpc) is 2.43. The van der Waals surface area contributed by atoms with E-state index in [9.17, 15) is 0 Å². The fraction of sp³-hybridized carbons (Fsp3) is 0.500. The minimum absolute atomic E-state index is 0.0595. The third-order valence-corrected chi connectivity index (χ3v) is 3.36. The van der Waals surface area contributed by atoms with Crippen LogP contribution in [-0.2, 0) is 6.54 Å². The van der Waals surface area contributed by atoms with Crippen LogP contribution in [0.15, 0.2) is 28.4 Å². The lowest BCUT2D eigenvalue weighted by molar-refractivity contribution is 0.164. The first-order valence-corrected chi connectivity index (χ1v) is 7.39. The summed E-state index contributed by atoms with van der Waals surface area (Å²) >= 11 is 0. The summed E-state index contributed by atoms with van der Waals surface area (Å²) in [5, 5.41) is 7.46. The van der Waals surface area contributed by atoms with Crippen molar-refractivity contribution in [1.29, 1.82) is 0 Å². The van der Waals surface area contributed by atoms with Gasteiger partial charge in [0.1, 0.15) is 5.75 Å². The first kappa shape index (κ1) is 18.0. The molecule has 0 saturated heterocycles. The van der Waals surface area contributed by atoms with Crippen LogP contribution in [-0.4, -0.2) is 36.3 Å². The van der Waals surface area contributed by atoms with Crippen LogP contribution < -0.4 is 16.2 Å². The molecule has 0 aliphatic carbocycles. The van der Waals surface area contributed by atoms with E-state index in [2.05, 4.69) is 42.8 Å². The van der Waals surface area contributed by atoms with E-state index < -0.39 is 0 Å². The number of guanidine groups is 1. The largest absolute Gasteiger partial charge is 0.496 e. The maximum Gasteiger partial charge on any atom is 0.211 e. The Balaban J connectivity index is 3.05. The highest BCUT2D eigenvalue weighted by molar-refractivity contribution is 5.82. The Hall–Kier alpha value is -2.08. The Morgan fingerprint density at radius 2 is 1.86 bits per heavy atom. The van der Waals surface area contributed by atoms with Gasteiger partial charge in [-0.25, -0.2) is 0 Å². The van der Waals surface area contributed by atoms with Gasteiger partial charge in [-0.05, 0) is 51.5 Å². The second-order valence-electron chi connectivity index (χ2n) is 5.70. The van der Waals surface area contributed by atoms with Crippen molar-refractivity contribution in [1.82, 2.24) is 4.90 Å². The maximum absolute atomic E-state index is 5.46. The van der Waals surface area contributed by atoms with Gasteiger partial charge in [-0.15, -0.1) is 5.10 Å². The highest BCUT2D eigenvalue weighted by atomic mass is 16.5. The first-order chi connectivity index (χ1) is 10.3. The molecule has 6 nitrogen and oxygen atoms in total. The molecule has 0 heterocycles. The standard InChI is InChI=1S/C16H27N5O/c1-11(2)21(12(3)4)10-14-8-13(6-7-15(14)22-5)9-19-20-16(17)18/h6-9,11-12H,10H2,1-5H3,(H4,17,18,20). The Kier molecular flexibility index (Phi) is 6.85. The molecule has 122 valence electrons. The molecule has 6 heteroatoms. The van der Waals surface area contributed by atoms with Gasteiger partial charge in [0.25, 0.3) is 0 Å². The van der Waals surface area contributed by atoms with Crippen LogP contribution in [0, 0.1) is 0 Å². The van der Waals surface area contributed by atoms with Crippen molar-refractivity contribution < 1.29 is 4.74 Å². The predicted molar refractivity (Wildman–Crippen MR) is 92.2 cm³/mol. The Morgan fingerprint density at radius 3 is 2.36 bits per heavy atom. The number of ether oxygens (including phenoxy) is 1. The topological polar surface area (TPSA) is 89.2 Å². The molecule has 0 aromatic heterocycles. The highest BCUT2D eigenvalue weighted by Gasteiger charge is 2.16. The van der Waals surface area contributed by atoms with Crippen LogP contribution in [0.1, 0.15) is 38.8 Å². The third-order valence-electron chi connectivity index (χ3n) is 3.36. The number of rotatable bonds is 7. The van der Waals surface area contributed by atoms with Crippen molar-refractivity contribution in [3.63, 3.8) is 0 Å². The summed E-state index contributed by atoms with van der Waals surface area (Å²) in [7, 11) is 1.68. The summed E-state index contributed by atoms with van der Waals surface area (Å²) in [5.41, 5.74) is 12.5. The number of hydrogen-bond donors (Lipinski definition) is 2. The second kappa shape index (κ2) is 8.38. The quantitative estimate of drug-likeness (QED) is 0.457. The van der Waals surface area contributed by atoms with E-state index in [0.29, 0.717) is 12.1 Å². The molecule has 0 fully saturated rings. The van der Waals surface area contributed by atoms with Gasteiger partial charge in [-0.2, -0.15) is 5.10 Å². The molecule has 4 N–H and O–H groups in total. The molecule has 0 radical (unpaired) electrons. The SMILES string of the molecule is COc1ccc(C=NN=C(N)N)cc1CN(C(C)C)C(C)C. The molecule has 1 rings (SSSR count). The second-order valence-corrected chi connectivity index (χ2v) is 5.70. The van der Waals surface area contributed by atoms with E-state index in [0.717, 1.165) is 23.4 Å². The molecule has 0 atom stereocenters. The van der Waals surface area contributed by atoms with Crippen LogP contribution in [0.5, 0.6) is 5.75 Å². The summed E-state index contributed by atoms with van der Waals surface area (Å²) in [6, 6.07) is 6.79. The van der Waals surface area contributed by atoms with Gasteiger partial charge in [-0.1, -0.05) is 0 Å². The molecular formula is C16H27N5O. The molecular weight excluding hydrogens is 278 g/mol. The zero-order valence-electron chi connectivity index (χ0n) is 14.1. The van der Waals surface area contributed by atoms with Gasteiger partial charge in [-0.3, -0.25) is 4.90 Å². The lowest BCUT2D eigenvalue weighted by Crippen LogP contribution is -2.36. The fourth-order valence-corrected chi connectivity index (χ4v) is 2.32. The van der Waals surface area contributed by atoms with Crippen LogP contribution in [0.4, 0.5) is 0 Å². The van der Waals surface area contributed by atoms with E-state index in [4.69, 9.17) is 16.2 Å².